The van der Waals surface area contributed by atoms with Crippen LogP contribution in [0.1, 0.15) is 20.8 Å². The monoisotopic (exact) mass is 229 g/mol. The second-order valence-corrected chi connectivity index (χ2v) is 9.48. The van der Waals surface area contributed by atoms with Crippen LogP contribution in [0.2, 0.25) is 19.6 Å². The molecule has 0 aliphatic heterocycles. The lowest BCUT2D eigenvalue weighted by Gasteiger charge is -2.20. The highest BCUT2D eigenvalue weighted by Crippen LogP contribution is 2.07. The molecule has 1 atom stereocenters. The molecule has 0 saturated carbocycles. The largest absolute Gasteiger partial charge is 0.417 e. The Balaban J connectivity index is 3.87. The third-order valence-corrected chi connectivity index (χ3v) is 3.25. The summed E-state index contributed by atoms with van der Waals surface area (Å²) in [4.78, 5) is 2.30. The minimum Gasteiger partial charge on any atom is -0.417 e. The summed E-state index contributed by atoms with van der Waals surface area (Å²) in [7, 11) is -1.34. The van der Waals surface area contributed by atoms with Gasteiger partial charge in [-0.05, 0) is 45.6 Å². The number of hydrogen-bond donors (Lipinski definition) is 0. The third kappa shape index (κ3) is 8.69. The van der Waals surface area contributed by atoms with Crippen LogP contribution in [-0.4, -0.2) is 32.9 Å². The van der Waals surface area contributed by atoms with Gasteiger partial charge in [0, 0.05) is 19.7 Å². The summed E-state index contributed by atoms with van der Waals surface area (Å²) >= 11 is 0. The molecule has 15 heavy (non-hydrogen) atoms. The van der Waals surface area contributed by atoms with E-state index in [0.29, 0.717) is 5.92 Å². The van der Waals surface area contributed by atoms with Gasteiger partial charge >= 0.3 is 0 Å². The van der Waals surface area contributed by atoms with Crippen LogP contribution in [0.4, 0.5) is 0 Å². The first kappa shape index (κ1) is 14.7. The molecule has 0 spiro atoms. The molecule has 0 rings (SSSR count). The van der Waals surface area contributed by atoms with Gasteiger partial charge < -0.3 is 9.33 Å². The summed E-state index contributed by atoms with van der Waals surface area (Å²) in [6.07, 6.45) is 4.44. The molecule has 0 radical (unpaired) electrons. The maximum absolute atomic E-state index is 5.86. The van der Waals surface area contributed by atoms with Crippen LogP contribution >= 0.6 is 0 Å². The van der Waals surface area contributed by atoms with Gasteiger partial charge in [-0.1, -0.05) is 13.0 Å². The Bertz CT molecular complexity index is 183. The molecule has 0 heterocycles. The summed E-state index contributed by atoms with van der Waals surface area (Å²) in [5.41, 5.74) is 0. The molecule has 0 unspecified atom stereocenters. The Morgan fingerprint density at radius 2 is 1.73 bits per heavy atom. The number of nitrogens with zero attached hydrogens (tertiary/aromatic N) is 1. The minimum atomic E-state index is -1.34. The maximum atomic E-state index is 5.86. The van der Waals surface area contributed by atoms with Crippen LogP contribution in [0.5, 0.6) is 0 Å². The van der Waals surface area contributed by atoms with Gasteiger partial charge in [0.2, 0.25) is 0 Å². The van der Waals surface area contributed by atoms with Gasteiger partial charge in [-0.2, -0.15) is 0 Å². The van der Waals surface area contributed by atoms with Crippen molar-refractivity contribution < 1.29 is 4.43 Å². The summed E-state index contributed by atoms with van der Waals surface area (Å²) in [6, 6.07) is 0. The fourth-order valence-corrected chi connectivity index (χ4v) is 1.90. The number of hydrogen-bond acceptors (Lipinski definition) is 2. The van der Waals surface area contributed by atoms with E-state index >= 15 is 0 Å². The van der Waals surface area contributed by atoms with Gasteiger partial charge in [-0.15, -0.1) is 0 Å². The van der Waals surface area contributed by atoms with E-state index in [1.165, 1.54) is 0 Å². The minimum absolute atomic E-state index is 0.511. The average molecular weight is 229 g/mol. The molecule has 0 fully saturated rings. The van der Waals surface area contributed by atoms with Crippen LogP contribution in [-0.2, 0) is 4.43 Å². The summed E-state index contributed by atoms with van der Waals surface area (Å²) < 4.78 is 5.86. The molecular formula is C12H27NOSi. The lowest BCUT2D eigenvalue weighted by Crippen LogP contribution is -2.27. The molecule has 0 bridgehead atoms. The van der Waals surface area contributed by atoms with Gasteiger partial charge in [0.25, 0.3) is 0 Å². The van der Waals surface area contributed by atoms with Crippen molar-refractivity contribution in [1.82, 2.24) is 4.90 Å². The third-order valence-electron chi connectivity index (χ3n) is 2.22. The van der Waals surface area contributed by atoms with Crippen molar-refractivity contribution in [2.75, 3.05) is 19.7 Å². The van der Waals surface area contributed by atoms with E-state index < -0.39 is 8.32 Å². The van der Waals surface area contributed by atoms with Crippen LogP contribution in [0, 0.1) is 5.92 Å². The van der Waals surface area contributed by atoms with E-state index in [4.69, 9.17) is 4.43 Å². The van der Waals surface area contributed by atoms with Gasteiger partial charge in [0.05, 0.1) is 0 Å². The Morgan fingerprint density at radius 1 is 1.20 bits per heavy atom. The highest BCUT2D eigenvalue weighted by atomic mass is 28.4. The maximum Gasteiger partial charge on any atom is 0.183 e. The van der Waals surface area contributed by atoms with Gasteiger partial charge in [0.15, 0.2) is 8.32 Å². The van der Waals surface area contributed by atoms with Crippen LogP contribution in [0.15, 0.2) is 12.3 Å². The number of rotatable bonds is 7. The first-order chi connectivity index (χ1) is 6.89. The van der Waals surface area contributed by atoms with Crippen molar-refractivity contribution in [3.05, 3.63) is 12.3 Å². The Labute approximate surface area is 96.4 Å². The molecule has 90 valence electrons. The van der Waals surface area contributed by atoms with Gasteiger partial charge in [-0.25, -0.2) is 0 Å². The Hall–Kier alpha value is -0.283. The van der Waals surface area contributed by atoms with E-state index in [2.05, 4.69) is 57.6 Å². The van der Waals surface area contributed by atoms with E-state index in [-0.39, 0.29) is 0 Å². The fraction of sp³-hybridized carbons (Fsp3) is 0.833. The van der Waals surface area contributed by atoms with Crippen molar-refractivity contribution in [1.29, 1.82) is 0 Å². The second kappa shape index (κ2) is 7.07. The van der Waals surface area contributed by atoms with Crippen LogP contribution < -0.4 is 0 Å². The molecule has 2 nitrogen and oxygen atoms in total. The molecule has 0 aromatic rings. The summed E-state index contributed by atoms with van der Waals surface area (Å²) in [5.74, 6) is 0.511. The van der Waals surface area contributed by atoms with E-state index in [1.807, 2.05) is 0 Å². The molecule has 0 saturated heterocycles. The first-order valence-corrected chi connectivity index (χ1v) is 9.36. The molecule has 0 aliphatic rings. The molecule has 0 N–H and O–H groups in total. The van der Waals surface area contributed by atoms with Gasteiger partial charge in [0.1, 0.15) is 0 Å². The average Bonchev–Trinajstić information content (AvgIpc) is 2.15. The standard InChI is InChI=1S/C12H27NOSi/c1-7-13(8-2)10-9-12(3)11-14-15(4,5)6/h9-10,12H,7-8,11H2,1-6H3/t12-/m1/s1. The lowest BCUT2D eigenvalue weighted by atomic mass is 10.2. The second-order valence-electron chi connectivity index (χ2n) is 4.96. The molecule has 3 heteroatoms. The van der Waals surface area contributed by atoms with Crippen molar-refractivity contribution in [3.8, 4) is 0 Å². The quantitative estimate of drug-likeness (QED) is 0.621. The fourth-order valence-electron chi connectivity index (χ4n) is 1.14. The highest BCUT2D eigenvalue weighted by Gasteiger charge is 2.14. The van der Waals surface area contributed by atoms with E-state index in [0.717, 1.165) is 19.7 Å². The van der Waals surface area contributed by atoms with Gasteiger partial charge in [-0.3, -0.25) is 0 Å². The zero-order chi connectivity index (χ0) is 11.9. The smallest absolute Gasteiger partial charge is 0.183 e. The lowest BCUT2D eigenvalue weighted by molar-refractivity contribution is 0.276. The zero-order valence-corrected chi connectivity index (χ0v) is 12.2. The Kier molecular flexibility index (Phi) is 6.93. The Morgan fingerprint density at radius 3 is 2.13 bits per heavy atom. The normalized spacial score (nSPS) is 14.5. The predicted octanol–water partition coefficient (Wildman–Crippen LogP) is 3.33. The summed E-state index contributed by atoms with van der Waals surface area (Å²) in [5, 5.41) is 0. The molecule has 0 aromatic heterocycles. The van der Waals surface area contributed by atoms with Crippen LogP contribution in [0.25, 0.3) is 0 Å². The zero-order valence-electron chi connectivity index (χ0n) is 11.2. The predicted molar refractivity (Wildman–Crippen MR) is 70.5 cm³/mol. The highest BCUT2D eigenvalue weighted by molar-refractivity contribution is 6.69. The molecular weight excluding hydrogens is 202 g/mol. The topological polar surface area (TPSA) is 12.5 Å². The summed E-state index contributed by atoms with van der Waals surface area (Å²) in [6.45, 7) is 16.3. The van der Waals surface area contributed by atoms with Crippen molar-refractivity contribution in [3.63, 3.8) is 0 Å². The van der Waals surface area contributed by atoms with Crippen LogP contribution in [0.3, 0.4) is 0 Å². The van der Waals surface area contributed by atoms with E-state index in [9.17, 15) is 0 Å². The molecule has 0 amide bonds. The van der Waals surface area contributed by atoms with Crippen molar-refractivity contribution in [2.45, 2.75) is 40.4 Å². The first-order valence-electron chi connectivity index (χ1n) is 5.95. The van der Waals surface area contributed by atoms with E-state index in [1.54, 1.807) is 0 Å². The molecule has 0 aromatic carbocycles. The molecule has 0 aliphatic carbocycles. The van der Waals surface area contributed by atoms with Crippen molar-refractivity contribution >= 4 is 8.32 Å². The van der Waals surface area contributed by atoms with Crippen molar-refractivity contribution in [2.24, 2.45) is 5.92 Å². The SMILES string of the molecule is CCN(C=C[C@@H](C)CO[Si](C)(C)C)CC.